The average Bonchev–Trinajstić information content (AvgIpc) is 2.50. The Bertz CT molecular complexity index is 579. The molecule has 1 aromatic carbocycles. The molecule has 0 fully saturated rings. The maximum atomic E-state index is 12.0. The molecule has 2 rings (SSSR count). The fourth-order valence-corrected chi connectivity index (χ4v) is 1.70. The van der Waals surface area contributed by atoms with Crippen molar-refractivity contribution in [2.24, 2.45) is 0 Å². The normalized spacial score (nSPS) is 10.1. The van der Waals surface area contributed by atoms with Gasteiger partial charge in [0.05, 0.1) is 18.5 Å². The maximum Gasteiger partial charge on any atom is 0.256 e. The number of carbonyl (C=O) groups is 1. The Kier molecular flexibility index (Phi) is 5.15. The van der Waals surface area contributed by atoms with Gasteiger partial charge in [-0.25, -0.2) is 4.98 Å². The highest BCUT2D eigenvalue weighted by Crippen LogP contribution is 2.14. The van der Waals surface area contributed by atoms with Gasteiger partial charge < -0.3 is 15.8 Å². The highest BCUT2D eigenvalue weighted by Gasteiger charge is 2.06. The van der Waals surface area contributed by atoms with E-state index in [0.29, 0.717) is 23.7 Å². The number of nitrogens with two attached hydrogens (primary N) is 1. The summed E-state index contributed by atoms with van der Waals surface area (Å²) in [4.78, 5) is 16.1. The number of ether oxygens (including phenoxy) is 1. The Labute approximate surface area is 124 Å². The monoisotopic (exact) mass is 285 g/mol. The summed E-state index contributed by atoms with van der Waals surface area (Å²) in [7, 11) is 0. The lowest BCUT2D eigenvalue weighted by Gasteiger charge is -2.07. The molecular weight excluding hydrogens is 266 g/mol. The number of aromatic nitrogens is 1. The summed E-state index contributed by atoms with van der Waals surface area (Å²) in [5, 5.41) is 2.71. The first kappa shape index (κ1) is 14.8. The van der Waals surface area contributed by atoms with Gasteiger partial charge in [0.2, 0.25) is 0 Å². The van der Waals surface area contributed by atoms with E-state index in [1.165, 1.54) is 6.20 Å². The molecule has 0 saturated carbocycles. The number of benzene rings is 1. The third-order valence-corrected chi connectivity index (χ3v) is 2.91. The summed E-state index contributed by atoms with van der Waals surface area (Å²) >= 11 is 0. The molecule has 0 aliphatic heterocycles. The van der Waals surface area contributed by atoms with Gasteiger partial charge in [-0.05, 0) is 42.8 Å². The molecule has 2 aromatic rings. The van der Waals surface area contributed by atoms with Crippen molar-refractivity contribution in [1.82, 2.24) is 4.98 Å². The lowest BCUT2D eigenvalue weighted by Crippen LogP contribution is -2.12. The zero-order chi connectivity index (χ0) is 15.1. The summed E-state index contributed by atoms with van der Waals surface area (Å²) in [5.41, 5.74) is 6.66. The summed E-state index contributed by atoms with van der Waals surface area (Å²) in [6.07, 6.45) is 3.61. The van der Waals surface area contributed by atoms with E-state index in [4.69, 9.17) is 10.5 Å². The summed E-state index contributed by atoms with van der Waals surface area (Å²) in [5.74, 6) is 1.02. The van der Waals surface area contributed by atoms with Gasteiger partial charge in [-0.15, -0.1) is 0 Å². The Morgan fingerprint density at radius 3 is 2.62 bits per heavy atom. The highest BCUT2D eigenvalue weighted by molar-refractivity contribution is 6.03. The lowest BCUT2D eigenvalue weighted by atomic mass is 10.2. The predicted molar refractivity (Wildman–Crippen MR) is 83.4 cm³/mol. The summed E-state index contributed by atoms with van der Waals surface area (Å²) in [6.45, 7) is 2.80. The van der Waals surface area contributed by atoms with Crippen LogP contribution in [-0.2, 0) is 0 Å². The van der Waals surface area contributed by atoms with Gasteiger partial charge in [0.1, 0.15) is 11.6 Å². The van der Waals surface area contributed by atoms with Gasteiger partial charge in [-0.1, -0.05) is 13.3 Å². The number of nitrogens with one attached hydrogen (secondary N) is 1. The van der Waals surface area contributed by atoms with Crippen molar-refractivity contribution in [3.63, 3.8) is 0 Å². The largest absolute Gasteiger partial charge is 0.494 e. The molecule has 0 atom stereocenters. The first-order chi connectivity index (χ1) is 10.2. The number of anilines is 2. The Morgan fingerprint density at radius 1 is 1.24 bits per heavy atom. The van der Waals surface area contributed by atoms with Gasteiger partial charge in [0.25, 0.3) is 5.91 Å². The van der Waals surface area contributed by atoms with Crippen LogP contribution in [0.3, 0.4) is 0 Å². The molecule has 0 unspecified atom stereocenters. The number of hydrogen-bond donors (Lipinski definition) is 2. The van der Waals surface area contributed by atoms with E-state index in [1.54, 1.807) is 36.4 Å². The standard InChI is InChI=1S/C16H19N3O2/c1-2-3-10-21-14-7-4-12(5-8-14)16(20)19-15-9-6-13(17)11-18-15/h4-9,11H,2-3,10,17H2,1H3,(H,18,19,20). The van der Waals surface area contributed by atoms with Gasteiger partial charge in [0.15, 0.2) is 0 Å². The van der Waals surface area contributed by atoms with E-state index in [1.807, 2.05) is 0 Å². The van der Waals surface area contributed by atoms with E-state index >= 15 is 0 Å². The molecule has 3 N–H and O–H groups in total. The smallest absolute Gasteiger partial charge is 0.256 e. The van der Waals surface area contributed by atoms with Crippen LogP contribution in [0.2, 0.25) is 0 Å². The van der Waals surface area contributed by atoms with E-state index in [0.717, 1.165) is 18.6 Å². The van der Waals surface area contributed by atoms with E-state index in [9.17, 15) is 4.79 Å². The molecule has 5 nitrogen and oxygen atoms in total. The number of nitrogen functional groups attached to an aromatic ring is 1. The van der Waals surface area contributed by atoms with Gasteiger partial charge >= 0.3 is 0 Å². The second-order valence-corrected chi connectivity index (χ2v) is 4.66. The van der Waals surface area contributed by atoms with Gasteiger partial charge in [-0.3, -0.25) is 4.79 Å². The molecule has 1 aromatic heterocycles. The van der Waals surface area contributed by atoms with E-state index in [2.05, 4.69) is 17.2 Å². The summed E-state index contributed by atoms with van der Waals surface area (Å²) < 4.78 is 5.55. The van der Waals surface area contributed by atoms with Crippen molar-refractivity contribution in [2.45, 2.75) is 19.8 Å². The van der Waals surface area contributed by atoms with Crippen LogP contribution in [0.25, 0.3) is 0 Å². The molecule has 110 valence electrons. The second-order valence-electron chi connectivity index (χ2n) is 4.66. The highest BCUT2D eigenvalue weighted by atomic mass is 16.5. The van der Waals surface area contributed by atoms with Crippen LogP contribution in [0.4, 0.5) is 11.5 Å². The Balaban J connectivity index is 1.94. The SMILES string of the molecule is CCCCOc1ccc(C(=O)Nc2ccc(N)cn2)cc1. The molecule has 5 heteroatoms. The van der Waals surface area contributed by atoms with Crippen LogP contribution >= 0.6 is 0 Å². The van der Waals surface area contributed by atoms with Crippen molar-refractivity contribution < 1.29 is 9.53 Å². The van der Waals surface area contributed by atoms with Crippen molar-refractivity contribution in [3.05, 3.63) is 48.2 Å². The lowest BCUT2D eigenvalue weighted by molar-refractivity contribution is 0.102. The van der Waals surface area contributed by atoms with Crippen LogP contribution < -0.4 is 15.8 Å². The van der Waals surface area contributed by atoms with Crippen molar-refractivity contribution in [3.8, 4) is 5.75 Å². The minimum Gasteiger partial charge on any atom is -0.494 e. The number of carbonyl (C=O) groups excluding carboxylic acids is 1. The van der Waals surface area contributed by atoms with E-state index in [-0.39, 0.29) is 5.91 Å². The topological polar surface area (TPSA) is 77.2 Å². The van der Waals surface area contributed by atoms with Gasteiger partial charge in [0, 0.05) is 5.56 Å². The number of unbranched alkanes of at least 4 members (excludes halogenated alkanes) is 1. The van der Waals surface area contributed by atoms with Crippen LogP contribution in [0.1, 0.15) is 30.1 Å². The Morgan fingerprint density at radius 2 is 2.00 bits per heavy atom. The molecular formula is C16H19N3O2. The third kappa shape index (κ3) is 4.49. The zero-order valence-electron chi connectivity index (χ0n) is 12.0. The molecule has 0 saturated heterocycles. The van der Waals surface area contributed by atoms with Gasteiger partial charge in [-0.2, -0.15) is 0 Å². The second kappa shape index (κ2) is 7.28. The minimum absolute atomic E-state index is 0.215. The fourth-order valence-electron chi connectivity index (χ4n) is 1.70. The van der Waals surface area contributed by atoms with Crippen molar-refractivity contribution >= 4 is 17.4 Å². The number of pyridine rings is 1. The van der Waals surface area contributed by atoms with Crippen molar-refractivity contribution in [2.75, 3.05) is 17.7 Å². The molecule has 0 aliphatic carbocycles. The number of rotatable bonds is 6. The molecule has 1 amide bonds. The maximum absolute atomic E-state index is 12.0. The number of nitrogens with zero attached hydrogens (tertiary/aromatic N) is 1. The van der Waals surface area contributed by atoms with Crippen LogP contribution in [0.15, 0.2) is 42.6 Å². The Hall–Kier alpha value is -2.56. The molecule has 0 spiro atoms. The minimum atomic E-state index is -0.215. The van der Waals surface area contributed by atoms with Crippen LogP contribution in [0, 0.1) is 0 Å². The molecule has 0 aliphatic rings. The quantitative estimate of drug-likeness (QED) is 0.799. The summed E-state index contributed by atoms with van der Waals surface area (Å²) in [6, 6.07) is 10.4. The molecule has 1 heterocycles. The average molecular weight is 285 g/mol. The van der Waals surface area contributed by atoms with E-state index < -0.39 is 0 Å². The molecule has 0 radical (unpaired) electrons. The first-order valence-electron chi connectivity index (χ1n) is 6.95. The van der Waals surface area contributed by atoms with Crippen LogP contribution in [0.5, 0.6) is 5.75 Å². The fraction of sp³-hybridized carbons (Fsp3) is 0.250. The molecule has 0 bridgehead atoms. The number of hydrogen-bond acceptors (Lipinski definition) is 4. The molecule has 21 heavy (non-hydrogen) atoms. The predicted octanol–water partition coefficient (Wildman–Crippen LogP) is 3.10. The van der Waals surface area contributed by atoms with Crippen molar-refractivity contribution in [1.29, 1.82) is 0 Å². The zero-order valence-corrected chi connectivity index (χ0v) is 12.0. The third-order valence-electron chi connectivity index (χ3n) is 2.91. The van der Waals surface area contributed by atoms with Crippen LogP contribution in [-0.4, -0.2) is 17.5 Å². The first-order valence-corrected chi connectivity index (χ1v) is 6.95. The number of amides is 1.